The first-order valence-corrected chi connectivity index (χ1v) is 24.9. The molecule has 15 N–H and O–H groups in total. The SMILES string of the molecule is C[C@@H]1O[C@@H](OCCNC(=O)CN(CC(=O)NCCCCCC(=O)ON2C(=O)CCC2=O)CC(=O)NCCO[C@@H]2O[C@H](CO[C@H]3O[C@H](CO)[C@@H](O)[C@H](O)[C@@H]3O)[C@@H](O)[C@H](O[C@H]3O[C@H](CO)[C@@H](O)[C@H](O)[C@@H]3O)[C@H]2F)[C@@H](O)[C@H](O)[C@@H]1O. The molecule has 5 aliphatic heterocycles. The summed E-state index contributed by atoms with van der Waals surface area (Å²) < 4.78 is 60.0. The van der Waals surface area contributed by atoms with Gasteiger partial charge in [-0.15, -0.1) is 5.06 Å². The highest BCUT2D eigenvalue weighted by molar-refractivity contribution is 6.01. The number of imide groups is 1. The Bertz CT molecular complexity index is 1900. The van der Waals surface area contributed by atoms with Crippen LogP contribution >= 0.6 is 0 Å². The lowest BCUT2D eigenvalue weighted by molar-refractivity contribution is -0.359. The Labute approximate surface area is 438 Å². The molecule has 77 heavy (non-hydrogen) atoms. The van der Waals surface area contributed by atoms with Crippen LogP contribution in [0, 0.1) is 0 Å². The summed E-state index contributed by atoms with van der Waals surface area (Å²) in [7, 11) is 0. The van der Waals surface area contributed by atoms with E-state index in [1.54, 1.807) is 0 Å². The highest BCUT2D eigenvalue weighted by atomic mass is 19.1. The Morgan fingerprint density at radius 3 is 1.58 bits per heavy atom. The molecule has 0 radical (unpaired) electrons. The van der Waals surface area contributed by atoms with Crippen LogP contribution in [-0.2, 0) is 71.5 Å². The summed E-state index contributed by atoms with van der Waals surface area (Å²) in [5.41, 5.74) is 0. The maximum absolute atomic E-state index is 16.3. The number of ether oxygens (including phenoxy) is 8. The van der Waals surface area contributed by atoms with Gasteiger partial charge in [-0.05, 0) is 19.8 Å². The largest absolute Gasteiger partial charge is 0.394 e. The summed E-state index contributed by atoms with van der Waals surface area (Å²) in [4.78, 5) is 80.8. The van der Waals surface area contributed by atoms with E-state index in [1.807, 2.05) is 0 Å². The van der Waals surface area contributed by atoms with E-state index in [0.717, 1.165) is 4.90 Å². The monoisotopic (exact) mass is 1120 g/mol. The zero-order chi connectivity index (χ0) is 56.7. The van der Waals surface area contributed by atoms with Gasteiger partial charge < -0.3 is 120 Å². The number of carbonyl (C=O) groups is 6. The third-order valence-electron chi connectivity index (χ3n) is 12.9. The molecule has 0 spiro atoms. The number of carbonyl (C=O) groups excluding carboxylic acids is 6. The van der Waals surface area contributed by atoms with Crippen LogP contribution in [0.4, 0.5) is 4.39 Å². The lowest BCUT2D eigenvalue weighted by atomic mass is 9.97. The summed E-state index contributed by atoms with van der Waals surface area (Å²) in [6.45, 7) is -3.94. The summed E-state index contributed by atoms with van der Waals surface area (Å²) in [6, 6.07) is 0. The van der Waals surface area contributed by atoms with Crippen LogP contribution in [-0.4, -0.2) is 302 Å². The lowest BCUT2D eigenvalue weighted by Gasteiger charge is -2.46. The van der Waals surface area contributed by atoms with Crippen molar-refractivity contribution in [2.75, 3.05) is 72.3 Å². The number of unbranched alkanes of at least 4 members (excludes halogenated alkanes) is 2. The quantitative estimate of drug-likeness (QED) is 0.0255. The molecule has 20 atom stereocenters. The normalized spacial score (nSPS) is 36.7. The third-order valence-corrected chi connectivity index (χ3v) is 12.9. The van der Waals surface area contributed by atoms with Crippen LogP contribution < -0.4 is 16.0 Å². The predicted octanol–water partition coefficient (Wildman–Crippen LogP) is -9.91. The highest BCUT2D eigenvalue weighted by Crippen LogP contribution is 2.32. The van der Waals surface area contributed by atoms with Gasteiger partial charge in [-0.2, -0.15) is 0 Å². The van der Waals surface area contributed by atoms with E-state index in [9.17, 15) is 90.0 Å². The summed E-state index contributed by atoms with van der Waals surface area (Å²) >= 11 is 0. The number of alkyl halides is 1. The number of aliphatic hydroxyl groups excluding tert-OH is 12. The Balaban J connectivity index is 1.15. The first-order valence-electron chi connectivity index (χ1n) is 24.9. The summed E-state index contributed by atoms with van der Waals surface area (Å²) in [5, 5.41) is 131. The van der Waals surface area contributed by atoms with E-state index in [1.165, 1.54) is 6.92 Å². The standard InChI is InChI=1S/C44H72FN5O27/c1-19-30(59)34(63)37(66)42(72-19)70-12-10-48-25(55)15-49(13-23(53)46-8-4-2-3-5-28(58)77-50-26(56)6-7-27(50)57)14-24(54)47-9-11-69-41-29(45)40(76-44-39(68)36(65)32(61)21(17-52)74-44)33(62)22(75-41)18-71-43-38(67)35(64)31(60)20(16-51)73-43/h19-22,29-44,51-52,59-68H,2-18H2,1H3,(H,46,53)(H,47,54)(H,48,55)/t19-,20+,21+,22+,29+,30+,31+,32+,33+,34+,35-,36-,37-,38-,39-,40+,41+,42+,43-,44+/m0/s1. The van der Waals surface area contributed by atoms with Crippen molar-refractivity contribution in [1.29, 1.82) is 0 Å². The number of nitrogens with one attached hydrogen (secondary N) is 3. The van der Waals surface area contributed by atoms with E-state index in [4.69, 9.17) is 42.7 Å². The molecule has 5 amide bonds. The molecule has 33 heteroatoms. The van der Waals surface area contributed by atoms with Crippen molar-refractivity contribution in [1.82, 2.24) is 25.9 Å². The average molecular weight is 1120 g/mol. The number of amides is 5. The van der Waals surface area contributed by atoms with Gasteiger partial charge in [-0.1, -0.05) is 6.42 Å². The number of aliphatic hydroxyl groups is 12. The number of hydrogen-bond donors (Lipinski definition) is 15. The van der Waals surface area contributed by atoms with Gasteiger partial charge in [0.05, 0.1) is 58.8 Å². The van der Waals surface area contributed by atoms with Crippen molar-refractivity contribution in [3.63, 3.8) is 0 Å². The van der Waals surface area contributed by atoms with Crippen LogP contribution in [0.3, 0.4) is 0 Å². The molecule has 32 nitrogen and oxygen atoms in total. The summed E-state index contributed by atoms with van der Waals surface area (Å²) in [5.74, 6) is -4.14. The molecule has 0 aromatic heterocycles. The van der Waals surface area contributed by atoms with Gasteiger partial charge in [0.1, 0.15) is 85.5 Å². The first-order chi connectivity index (χ1) is 36.6. The zero-order valence-electron chi connectivity index (χ0n) is 41.8. The van der Waals surface area contributed by atoms with Gasteiger partial charge >= 0.3 is 5.97 Å². The molecule has 5 rings (SSSR count). The number of hydroxylamine groups is 2. The van der Waals surface area contributed by atoms with Crippen molar-refractivity contribution in [3.05, 3.63) is 0 Å². The van der Waals surface area contributed by atoms with Crippen molar-refractivity contribution >= 4 is 35.5 Å². The highest BCUT2D eigenvalue weighted by Gasteiger charge is 2.53. The second kappa shape index (κ2) is 30.6. The van der Waals surface area contributed by atoms with Gasteiger partial charge in [0.15, 0.2) is 31.3 Å². The minimum Gasteiger partial charge on any atom is -0.394 e. The fourth-order valence-electron chi connectivity index (χ4n) is 8.47. The van der Waals surface area contributed by atoms with E-state index < -0.39 is 204 Å². The maximum atomic E-state index is 16.3. The average Bonchev–Trinajstić information content (AvgIpc) is 3.72. The Hall–Kier alpha value is -3.89. The topological polar surface area (TPSA) is 471 Å². The molecule has 442 valence electrons. The van der Waals surface area contributed by atoms with Gasteiger partial charge in [-0.25, -0.2) is 9.18 Å². The fraction of sp³-hybridized carbons (Fsp3) is 0.864. The van der Waals surface area contributed by atoms with Crippen molar-refractivity contribution in [3.8, 4) is 0 Å². The molecular weight excluding hydrogens is 1050 g/mol. The minimum atomic E-state index is -2.46. The van der Waals surface area contributed by atoms with E-state index >= 15 is 4.39 Å². The Morgan fingerprint density at radius 2 is 1.04 bits per heavy atom. The second-order valence-electron chi connectivity index (χ2n) is 18.8. The van der Waals surface area contributed by atoms with Crippen LogP contribution in [0.2, 0.25) is 0 Å². The minimum absolute atomic E-state index is 0.0585. The number of hydrogen-bond acceptors (Lipinski definition) is 28. The zero-order valence-corrected chi connectivity index (χ0v) is 41.8. The van der Waals surface area contributed by atoms with Gasteiger partial charge in [0.2, 0.25) is 17.7 Å². The third kappa shape index (κ3) is 17.8. The van der Waals surface area contributed by atoms with Crippen LogP contribution in [0.1, 0.15) is 45.4 Å². The number of rotatable bonds is 28. The molecule has 0 bridgehead atoms. The maximum Gasteiger partial charge on any atom is 0.333 e. The predicted molar refractivity (Wildman–Crippen MR) is 243 cm³/mol. The van der Waals surface area contributed by atoms with Gasteiger partial charge in [-0.3, -0.25) is 28.9 Å². The van der Waals surface area contributed by atoms with Crippen LogP contribution in [0.5, 0.6) is 0 Å². The molecule has 5 heterocycles. The van der Waals surface area contributed by atoms with E-state index in [2.05, 4.69) is 16.0 Å². The molecule has 5 aliphatic rings. The number of nitrogens with zero attached hydrogens (tertiary/aromatic N) is 2. The van der Waals surface area contributed by atoms with Crippen molar-refractivity contribution in [2.24, 2.45) is 0 Å². The molecule has 5 fully saturated rings. The van der Waals surface area contributed by atoms with E-state index in [0.29, 0.717) is 17.9 Å². The van der Waals surface area contributed by atoms with Crippen LogP contribution in [0.25, 0.3) is 0 Å². The molecule has 5 saturated heterocycles. The van der Waals surface area contributed by atoms with Gasteiger partial charge in [0, 0.05) is 38.9 Å². The van der Waals surface area contributed by atoms with Crippen molar-refractivity contribution < 1.29 is 137 Å². The summed E-state index contributed by atoms with van der Waals surface area (Å²) in [6.07, 6.45) is -34.2. The molecule has 0 unspecified atom stereocenters. The smallest absolute Gasteiger partial charge is 0.333 e. The molecule has 0 aromatic rings. The second-order valence-corrected chi connectivity index (χ2v) is 18.8. The number of halogens is 1. The van der Waals surface area contributed by atoms with Crippen LogP contribution in [0.15, 0.2) is 0 Å². The first kappa shape index (κ1) is 63.9. The molecule has 0 aliphatic carbocycles. The Morgan fingerprint density at radius 1 is 0.571 bits per heavy atom. The lowest BCUT2D eigenvalue weighted by Crippen LogP contribution is -2.64. The molecular formula is C44H72FN5O27. The Kier molecular flexibility index (Phi) is 25.4. The van der Waals surface area contributed by atoms with Crippen molar-refractivity contribution in [2.45, 2.75) is 168 Å². The molecule has 0 aromatic carbocycles. The van der Waals surface area contributed by atoms with E-state index in [-0.39, 0.29) is 51.9 Å². The fourth-order valence-corrected chi connectivity index (χ4v) is 8.47. The molecule has 0 saturated carbocycles. The van der Waals surface area contributed by atoms with Gasteiger partial charge in [0.25, 0.3) is 11.8 Å².